The zero-order valence-corrected chi connectivity index (χ0v) is 9.72. The number of benzene rings is 1. The van der Waals surface area contributed by atoms with Gasteiger partial charge >= 0.3 is 0 Å². The van der Waals surface area contributed by atoms with Crippen molar-refractivity contribution in [2.24, 2.45) is 0 Å². The molecule has 90 valence electrons. The highest BCUT2D eigenvalue weighted by atomic mass is 16.3. The molecule has 1 rings (SSSR count). The molecule has 1 amide bonds. The van der Waals surface area contributed by atoms with Gasteiger partial charge in [0.15, 0.2) is 5.78 Å². The van der Waals surface area contributed by atoms with Crippen LogP contribution in [0.15, 0.2) is 36.9 Å². The summed E-state index contributed by atoms with van der Waals surface area (Å²) in [7, 11) is 1.61. The molecule has 0 saturated carbocycles. The monoisotopic (exact) mass is 233 g/mol. The standard InChI is InChI=1S/C13H15NO3/c1-3-13(17)14(2)8-7-12(16)10-5-4-6-11(15)9-10/h3-6,9,15H,1,7-8H2,2H3. The molecule has 0 aliphatic carbocycles. The maximum atomic E-state index is 11.7. The van der Waals surface area contributed by atoms with E-state index in [4.69, 9.17) is 0 Å². The molecule has 4 heteroatoms. The summed E-state index contributed by atoms with van der Waals surface area (Å²) in [5.41, 5.74) is 0.449. The number of ketones is 1. The summed E-state index contributed by atoms with van der Waals surface area (Å²) in [4.78, 5) is 24.3. The number of phenols is 1. The summed E-state index contributed by atoms with van der Waals surface area (Å²) in [5, 5.41) is 9.24. The van der Waals surface area contributed by atoms with Crippen LogP contribution in [0.1, 0.15) is 16.8 Å². The zero-order chi connectivity index (χ0) is 12.8. The van der Waals surface area contributed by atoms with Gasteiger partial charge in [0.05, 0.1) is 0 Å². The van der Waals surface area contributed by atoms with Crippen LogP contribution in [0.2, 0.25) is 0 Å². The lowest BCUT2D eigenvalue weighted by Gasteiger charge is -2.14. The van der Waals surface area contributed by atoms with E-state index in [2.05, 4.69) is 6.58 Å². The smallest absolute Gasteiger partial charge is 0.245 e. The van der Waals surface area contributed by atoms with Crippen LogP contribution in [-0.4, -0.2) is 35.3 Å². The highest BCUT2D eigenvalue weighted by Crippen LogP contribution is 2.12. The predicted molar refractivity (Wildman–Crippen MR) is 64.9 cm³/mol. The molecule has 1 N–H and O–H groups in total. The maximum Gasteiger partial charge on any atom is 0.245 e. The summed E-state index contributed by atoms with van der Waals surface area (Å²) in [6.07, 6.45) is 1.43. The molecule has 0 heterocycles. The number of aromatic hydroxyl groups is 1. The van der Waals surface area contributed by atoms with Crippen molar-refractivity contribution in [1.82, 2.24) is 4.90 Å². The van der Waals surface area contributed by atoms with Crippen molar-refractivity contribution in [1.29, 1.82) is 0 Å². The van der Waals surface area contributed by atoms with Gasteiger partial charge < -0.3 is 10.0 Å². The summed E-state index contributed by atoms with van der Waals surface area (Å²) in [5.74, 6) is -0.260. The second kappa shape index (κ2) is 5.84. The van der Waals surface area contributed by atoms with Gasteiger partial charge in [-0.3, -0.25) is 9.59 Å². The SMILES string of the molecule is C=CC(=O)N(C)CCC(=O)c1cccc(O)c1. The van der Waals surface area contributed by atoms with E-state index in [0.29, 0.717) is 12.1 Å². The van der Waals surface area contributed by atoms with Crippen molar-refractivity contribution in [3.63, 3.8) is 0 Å². The number of carbonyl (C=O) groups excluding carboxylic acids is 2. The van der Waals surface area contributed by atoms with E-state index in [9.17, 15) is 14.7 Å². The fourth-order valence-corrected chi connectivity index (χ4v) is 1.36. The normalized spacial score (nSPS) is 9.71. The van der Waals surface area contributed by atoms with Gasteiger partial charge in [0, 0.05) is 25.6 Å². The molecule has 0 aromatic heterocycles. The molecule has 17 heavy (non-hydrogen) atoms. The fourth-order valence-electron chi connectivity index (χ4n) is 1.36. The lowest BCUT2D eigenvalue weighted by molar-refractivity contribution is -0.124. The van der Waals surface area contributed by atoms with E-state index < -0.39 is 0 Å². The number of hydrogen-bond donors (Lipinski definition) is 1. The number of amides is 1. The quantitative estimate of drug-likeness (QED) is 0.621. The molecular formula is C13H15NO3. The van der Waals surface area contributed by atoms with Crippen LogP contribution in [0, 0.1) is 0 Å². The first-order valence-corrected chi connectivity index (χ1v) is 5.24. The van der Waals surface area contributed by atoms with Crippen LogP contribution < -0.4 is 0 Å². The van der Waals surface area contributed by atoms with Crippen LogP contribution in [0.25, 0.3) is 0 Å². The number of likely N-dealkylation sites (N-methyl/N-ethyl adjacent to an activating group) is 1. The third-order valence-electron chi connectivity index (χ3n) is 2.39. The number of rotatable bonds is 5. The van der Waals surface area contributed by atoms with Crippen molar-refractivity contribution in [3.05, 3.63) is 42.5 Å². The minimum atomic E-state index is -0.214. The van der Waals surface area contributed by atoms with Crippen molar-refractivity contribution >= 4 is 11.7 Å². The lowest BCUT2D eigenvalue weighted by Crippen LogP contribution is -2.27. The van der Waals surface area contributed by atoms with Gasteiger partial charge in [-0.25, -0.2) is 0 Å². The third-order valence-corrected chi connectivity index (χ3v) is 2.39. The van der Waals surface area contributed by atoms with Crippen LogP contribution in [0.4, 0.5) is 0 Å². The Kier molecular flexibility index (Phi) is 4.46. The molecule has 0 unspecified atom stereocenters. The van der Waals surface area contributed by atoms with Crippen molar-refractivity contribution in [2.45, 2.75) is 6.42 Å². The Balaban J connectivity index is 2.56. The van der Waals surface area contributed by atoms with E-state index in [1.54, 1.807) is 19.2 Å². The van der Waals surface area contributed by atoms with Gasteiger partial charge in [0.1, 0.15) is 5.75 Å². The Labute approximate surface area is 100 Å². The Bertz CT molecular complexity index is 440. The molecular weight excluding hydrogens is 218 g/mol. The summed E-state index contributed by atoms with van der Waals surface area (Å²) in [6.45, 7) is 3.70. The van der Waals surface area contributed by atoms with Crippen molar-refractivity contribution in [2.75, 3.05) is 13.6 Å². The van der Waals surface area contributed by atoms with Gasteiger partial charge in [0.2, 0.25) is 5.91 Å². The second-order valence-corrected chi connectivity index (χ2v) is 3.69. The first-order valence-electron chi connectivity index (χ1n) is 5.24. The largest absolute Gasteiger partial charge is 0.508 e. The minimum absolute atomic E-state index is 0.0615. The van der Waals surface area contributed by atoms with Gasteiger partial charge in [-0.05, 0) is 18.2 Å². The molecule has 0 bridgehead atoms. The number of carbonyl (C=O) groups is 2. The maximum absolute atomic E-state index is 11.7. The number of nitrogens with zero attached hydrogens (tertiary/aromatic N) is 1. The Morgan fingerprint density at radius 1 is 1.47 bits per heavy atom. The van der Waals surface area contributed by atoms with E-state index in [-0.39, 0.29) is 23.9 Å². The van der Waals surface area contributed by atoms with E-state index in [0.717, 1.165) is 0 Å². The minimum Gasteiger partial charge on any atom is -0.508 e. The lowest BCUT2D eigenvalue weighted by atomic mass is 10.1. The first-order chi connectivity index (χ1) is 8.04. The molecule has 0 atom stereocenters. The van der Waals surface area contributed by atoms with E-state index in [1.807, 2.05) is 0 Å². The molecule has 0 aliphatic heterocycles. The molecule has 0 spiro atoms. The highest BCUT2D eigenvalue weighted by molar-refractivity contribution is 5.97. The summed E-state index contributed by atoms with van der Waals surface area (Å²) < 4.78 is 0. The predicted octanol–water partition coefficient (Wildman–Crippen LogP) is 1.61. The highest BCUT2D eigenvalue weighted by Gasteiger charge is 2.10. The van der Waals surface area contributed by atoms with Crippen molar-refractivity contribution in [3.8, 4) is 5.75 Å². The molecule has 0 saturated heterocycles. The topological polar surface area (TPSA) is 57.6 Å². The Hall–Kier alpha value is -2.10. The van der Waals surface area contributed by atoms with Gasteiger partial charge in [-0.2, -0.15) is 0 Å². The van der Waals surface area contributed by atoms with Crippen LogP contribution in [-0.2, 0) is 4.79 Å². The average molecular weight is 233 g/mol. The third kappa shape index (κ3) is 3.75. The van der Waals surface area contributed by atoms with Gasteiger partial charge in [-0.1, -0.05) is 18.7 Å². The summed E-state index contributed by atoms with van der Waals surface area (Å²) in [6, 6.07) is 6.17. The average Bonchev–Trinajstić information content (AvgIpc) is 2.34. The Morgan fingerprint density at radius 2 is 2.18 bits per heavy atom. The van der Waals surface area contributed by atoms with Crippen LogP contribution in [0.5, 0.6) is 5.75 Å². The molecule has 4 nitrogen and oxygen atoms in total. The van der Waals surface area contributed by atoms with Gasteiger partial charge in [0.25, 0.3) is 0 Å². The number of hydrogen-bond acceptors (Lipinski definition) is 3. The molecule has 1 aromatic carbocycles. The van der Waals surface area contributed by atoms with E-state index in [1.165, 1.54) is 23.1 Å². The van der Waals surface area contributed by atoms with Crippen molar-refractivity contribution < 1.29 is 14.7 Å². The van der Waals surface area contributed by atoms with Crippen LogP contribution >= 0.6 is 0 Å². The Morgan fingerprint density at radius 3 is 2.76 bits per heavy atom. The van der Waals surface area contributed by atoms with Gasteiger partial charge in [-0.15, -0.1) is 0 Å². The zero-order valence-electron chi connectivity index (χ0n) is 9.72. The fraction of sp³-hybridized carbons (Fsp3) is 0.231. The molecule has 0 fully saturated rings. The van der Waals surface area contributed by atoms with Crippen LogP contribution in [0.3, 0.4) is 0 Å². The molecule has 0 radical (unpaired) electrons. The number of Topliss-reactive ketones (excluding diaryl/α,β-unsaturated/α-hetero) is 1. The summed E-state index contributed by atoms with van der Waals surface area (Å²) >= 11 is 0. The molecule has 1 aromatic rings. The molecule has 0 aliphatic rings. The number of phenolic OH excluding ortho intramolecular Hbond substituents is 1. The van der Waals surface area contributed by atoms with E-state index >= 15 is 0 Å². The second-order valence-electron chi connectivity index (χ2n) is 3.69. The first kappa shape index (κ1) is 13.0.